The van der Waals surface area contributed by atoms with E-state index in [9.17, 15) is 4.79 Å². The molecule has 1 atom stereocenters. The zero-order valence-corrected chi connectivity index (χ0v) is 10.2. The normalized spacial score (nSPS) is 20.1. The van der Waals surface area contributed by atoms with Gasteiger partial charge in [-0.05, 0) is 25.1 Å². The number of hydrogen-bond donors (Lipinski definition) is 0. The Bertz CT molecular complexity index is 405. The first-order valence-corrected chi connectivity index (χ1v) is 5.75. The van der Waals surface area contributed by atoms with E-state index in [1.54, 1.807) is 13.2 Å². The standard InChI is InChI=1S/C13H17NO3/c1-10-9-14(6-7-17-10)13(15)11-4-3-5-12(8-11)16-2/h3-5,8,10H,6-7,9H2,1-2H3/t10-/m0/s1. The summed E-state index contributed by atoms with van der Waals surface area (Å²) in [6, 6.07) is 7.24. The highest BCUT2D eigenvalue weighted by molar-refractivity contribution is 5.94. The van der Waals surface area contributed by atoms with Crippen LogP contribution in [-0.2, 0) is 4.74 Å². The van der Waals surface area contributed by atoms with Crippen molar-refractivity contribution in [2.24, 2.45) is 0 Å². The molecule has 0 radical (unpaired) electrons. The van der Waals surface area contributed by atoms with Crippen molar-refractivity contribution in [3.05, 3.63) is 29.8 Å². The molecule has 92 valence electrons. The molecule has 0 unspecified atom stereocenters. The summed E-state index contributed by atoms with van der Waals surface area (Å²) in [6.07, 6.45) is 0.110. The molecular formula is C13H17NO3. The first-order valence-electron chi connectivity index (χ1n) is 5.75. The highest BCUT2D eigenvalue weighted by Crippen LogP contribution is 2.16. The van der Waals surface area contributed by atoms with Crippen LogP contribution in [0.5, 0.6) is 5.75 Å². The van der Waals surface area contributed by atoms with E-state index in [0.29, 0.717) is 31.0 Å². The quantitative estimate of drug-likeness (QED) is 0.780. The summed E-state index contributed by atoms with van der Waals surface area (Å²) in [5.74, 6) is 0.746. The third-order valence-electron chi connectivity index (χ3n) is 2.84. The second-order valence-corrected chi connectivity index (χ2v) is 4.16. The largest absolute Gasteiger partial charge is 0.497 e. The van der Waals surface area contributed by atoms with E-state index < -0.39 is 0 Å². The lowest BCUT2D eigenvalue weighted by atomic mass is 10.1. The number of hydrogen-bond acceptors (Lipinski definition) is 3. The maximum atomic E-state index is 12.2. The number of amides is 1. The number of morpholine rings is 1. The van der Waals surface area contributed by atoms with E-state index in [-0.39, 0.29) is 12.0 Å². The zero-order valence-electron chi connectivity index (χ0n) is 10.2. The van der Waals surface area contributed by atoms with Gasteiger partial charge in [-0.15, -0.1) is 0 Å². The van der Waals surface area contributed by atoms with Gasteiger partial charge in [0.1, 0.15) is 5.75 Å². The fourth-order valence-electron chi connectivity index (χ4n) is 1.94. The Balaban J connectivity index is 2.12. The van der Waals surface area contributed by atoms with E-state index in [1.807, 2.05) is 30.0 Å². The molecule has 1 amide bonds. The van der Waals surface area contributed by atoms with Crippen LogP contribution in [-0.4, -0.2) is 43.7 Å². The second kappa shape index (κ2) is 5.19. The minimum atomic E-state index is 0.0408. The Kier molecular flexibility index (Phi) is 3.64. The van der Waals surface area contributed by atoms with Gasteiger partial charge in [0.15, 0.2) is 0 Å². The van der Waals surface area contributed by atoms with Gasteiger partial charge in [0.05, 0.1) is 19.8 Å². The SMILES string of the molecule is COc1cccc(C(=O)N2CCO[C@@H](C)C2)c1. The van der Waals surface area contributed by atoms with E-state index in [1.165, 1.54) is 0 Å². The van der Waals surface area contributed by atoms with Gasteiger partial charge >= 0.3 is 0 Å². The Morgan fingerprint density at radius 3 is 3.06 bits per heavy atom. The first kappa shape index (κ1) is 11.9. The third-order valence-corrected chi connectivity index (χ3v) is 2.84. The van der Waals surface area contributed by atoms with Crippen LogP contribution < -0.4 is 4.74 Å². The monoisotopic (exact) mass is 235 g/mol. The highest BCUT2D eigenvalue weighted by Gasteiger charge is 2.22. The maximum absolute atomic E-state index is 12.2. The molecule has 0 spiro atoms. The molecule has 4 heteroatoms. The Morgan fingerprint density at radius 1 is 1.53 bits per heavy atom. The van der Waals surface area contributed by atoms with Crippen molar-refractivity contribution in [3.8, 4) is 5.75 Å². The number of carbonyl (C=O) groups excluding carboxylic acids is 1. The van der Waals surface area contributed by atoms with Crippen molar-refractivity contribution in [2.75, 3.05) is 26.8 Å². The van der Waals surface area contributed by atoms with Crippen LogP contribution in [0.25, 0.3) is 0 Å². The fourth-order valence-corrected chi connectivity index (χ4v) is 1.94. The summed E-state index contributed by atoms with van der Waals surface area (Å²) < 4.78 is 10.5. The van der Waals surface area contributed by atoms with Gasteiger partial charge in [0.2, 0.25) is 0 Å². The Hall–Kier alpha value is -1.55. The number of benzene rings is 1. The number of rotatable bonds is 2. The zero-order chi connectivity index (χ0) is 12.3. The van der Waals surface area contributed by atoms with Crippen molar-refractivity contribution in [1.29, 1.82) is 0 Å². The predicted octanol–water partition coefficient (Wildman–Crippen LogP) is 1.56. The van der Waals surface area contributed by atoms with Crippen LogP contribution in [0.2, 0.25) is 0 Å². The Morgan fingerprint density at radius 2 is 2.35 bits per heavy atom. The molecule has 1 aromatic carbocycles. The van der Waals surface area contributed by atoms with Crippen molar-refractivity contribution in [3.63, 3.8) is 0 Å². The second-order valence-electron chi connectivity index (χ2n) is 4.16. The van der Waals surface area contributed by atoms with Crippen LogP contribution >= 0.6 is 0 Å². The lowest BCUT2D eigenvalue weighted by Crippen LogP contribution is -2.44. The number of ether oxygens (including phenoxy) is 2. The van der Waals surface area contributed by atoms with E-state index >= 15 is 0 Å². The molecule has 1 aromatic rings. The summed E-state index contributed by atoms with van der Waals surface area (Å²) in [5, 5.41) is 0. The van der Waals surface area contributed by atoms with E-state index in [2.05, 4.69) is 0 Å². The summed E-state index contributed by atoms with van der Waals surface area (Å²) in [4.78, 5) is 14.1. The van der Waals surface area contributed by atoms with E-state index in [4.69, 9.17) is 9.47 Å². The van der Waals surface area contributed by atoms with Crippen molar-refractivity contribution in [1.82, 2.24) is 4.90 Å². The van der Waals surface area contributed by atoms with Gasteiger partial charge in [0.25, 0.3) is 5.91 Å². The minimum absolute atomic E-state index is 0.0408. The predicted molar refractivity (Wildman–Crippen MR) is 64.3 cm³/mol. The highest BCUT2D eigenvalue weighted by atomic mass is 16.5. The molecule has 2 rings (SSSR count). The molecule has 0 saturated carbocycles. The van der Waals surface area contributed by atoms with Crippen LogP contribution in [0.4, 0.5) is 0 Å². The van der Waals surface area contributed by atoms with Gasteiger partial charge in [-0.25, -0.2) is 0 Å². The molecule has 0 aromatic heterocycles. The molecule has 0 N–H and O–H groups in total. The van der Waals surface area contributed by atoms with Crippen molar-refractivity contribution < 1.29 is 14.3 Å². The average molecular weight is 235 g/mol. The molecule has 1 aliphatic heterocycles. The summed E-state index contributed by atoms with van der Waals surface area (Å²) >= 11 is 0. The summed E-state index contributed by atoms with van der Waals surface area (Å²) in [7, 11) is 1.60. The number of nitrogens with zero attached hydrogens (tertiary/aromatic N) is 1. The molecule has 1 saturated heterocycles. The summed E-state index contributed by atoms with van der Waals surface area (Å²) in [6.45, 7) is 3.89. The lowest BCUT2D eigenvalue weighted by Gasteiger charge is -2.31. The molecule has 1 fully saturated rings. The van der Waals surface area contributed by atoms with Crippen molar-refractivity contribution >= 4 is 5.91 Å². The van der Waals surface area contributed by atoms with E-state index in [0.717, 1.165) is 0 Å². The third kappa shape index (κ3) is 2.77. The van der Waals surface area contributed by atoms with Gasteiger partial charge in [-0.2, -0.15) is 0 Å². The molecule has 1 heterocycles. The smallest absolute Gasteiger partial charge is 0.254 e. The molecular weight excluding hydrogens is 218 g/mol. The fraction of sp³-hybridized carbons (Fsp3) is 0.462. The topological polar surface area (TPSA) is 38.8 Å². The van der Waals surface area contributed by atoms with Gasteiger partial charge in [-0.3, -0.25) is 4.79 Å². The van der Waals surface area contributed by atoms with Crippen LogP contribution in [0.1, 0.15) is 17.3 Å². The summed E-state index contributed by atoms with van der Waals surface area (Å²) in [5.41, 5.74) is 0.665. The maximum Gasteiger partial charge on any atom is 0.254 e. The van der Waals surface area contributed by atoms with Crippen molar-refractivity contribution in [2.45, 2.75) is 13.0 Å². The van der Waals surface area contributed by atoms with Crippen LogP contribution in [0.3, 0.4) is 0 Å². The molecule has 4 nitrogen and oxygen atoms in total. The van der Waals surface area contributed by atoms with Gasteiger partial charge in [-0.1, -0.05) is 6.07 Å². The molecule has 1 aliphatic rings. The molecule has 0 aliphatic carbocycles. The van der Waals surface area contributed by atoms with Gasteiger partial charge < -0.3 is 14.4 Å². The first-order chi connectivity index (χ1) is 8.20. The Labute approximate surface area is 101 Å². The van der Waals surface area contributed by atoms with Crippen LogP contribution in [0, 0.1) is 0 Å². The minimum Gasteiger partial charge on any atom is -0.497 e. The molecule has 17 heavy (non-hydrogen) atoms. The van der Waals surface area contributed by atoms with Crippen LogP contribution in [0.15, 0.2) is 24.3 Å². The molecule has 0 bridgehead atoms. The number of methoxy groups -OCH3 is 1. The average Bonchev–Trinajstić information content (AvgIpc) is 2.38. The lowest BCUT2D eigenvalue weighted by molar-refractivity contribution is -0.0124. The van der Waals surface area contributed by atoms with Gasteiger partial charge in [0, 0.05) is 18.7 Å². The number of carbonyl (C=O) groups is 1.